The largest absolute Gasteiger partial charge is 0.394 e. The van der Waals surface area contributed by atoms with Gasteiger partial charge < -0.3 is 20.6 Å². The highest BCUT2D eigenvalue weighted by atomic mass is 16.3. The lowest BCUT2D eigenvalue weighted by atomic mass is 10.0. The third kappa shape index (κ3) is 42.0. The fourth-order valence-electron chi connectivity index (χ4n) is 7.41. The molecule has 0 aromatic carbocycles. The maximum atomic E-state index is 12.4. The van der Waals surface area contributed by atoms with Crippen molar-refractivity contribution in [3.05, 3.63) is 36.5 Å². The van der Waals surface area contributed by atoms with Crippen LogP contribution in [0.25, 0.3) is 0 Å². The van der Waals surface area contributed by atoms with Gasteiger partial charge in [0, 0.05) is 0 Å². The lowest BCUT2D eigenvalue weighted by Gasteiger charge is -2.21. The predicted octanol–water partition coefficient (Wildman–Crippen LogP) is 14.3. The van der Waals surface area contributed by atoms with E-state index in [-0.39, 0.29) is 18.9 Å². The van der Waals surface area contributed by atoms with Crippen molar-refractivity contribution < 1.29 is 20.1 Å². The van der Waals surface area contributed by atoms with E-state index in [0.29, 0.717) is 6.42 Å². The number of nitrogens with one attached hydrogen (secondary N) is 1. The maximum Gasteiger partial charge on any atom is 0.222 e. The molecule has 0 saturated heterocycles. The third-order valence-corrected chi connectivity index (χ3v) is 11.1. The van der Waals surface area contributed by atoms with Gasteiger partial charge in [-0.25, -0.2) is 0 Å². The van der Waals surface area contributed by atoms with Crippen molar-refractivity contribution in [2.24, 2.45) is 0 Å². The number of allylic oxidation sites excluding steroid dienone is 5. The number of aliphatic hydroxyl groups is 3. The molecule has 0 spiro atoms. The lowest BCUT2D eigenvalue weighted by Crippen LogP contribution is -2.45. The molecule has 3 atom stereocenters. The number of carbonyl (C=O) groups is 1. The third-order valence-electron chi connectivity index (χ3n) is 11.1. The van der Waals surface area contributed by atoms with Gasteiger partial charge in [0.05, 0.1) is 31.3 Å². The molecule has 0 aromatic heterocycles. The topological polar surface area (TPSA) is 89.8 Å². The van der Waals surface area contributed by atoms with Crippen molar-refractivity contribution in [2.45, 2.75) is 270 Å². The van der Waals surface area contributed by atoms with E-state index in [0.717, 1.165) is 32.1 Å². The Balaban J connectivity index is 3.54. The van der Waals surface area contributed by atoms with Gasteiger partial charge in [0.15, 0.2) is 0 Å². The van der Waals surface area contributed by atoms with Crippen molar-refractivity contribution >= 4 is 5.91 Å². The number of amides is 1. The van der Waals surface area contributed by atoms with Crippen molar-refractivity contribution in [3.63, 3.8) is 0 Å². The number of hydrogen-bond acceptors (Lipinski definition) is 4. The van der Waals surface area contributed by atoms with E-state index in [1.54, 1.807) is 6.08 Å². The zero-order valence-electron chi connectivity index (χ0n) is 36.8. The molecule has 0 bridgehead atoms. The van der Waals surface area contributed by atoms with Crippen LogP contribution in [-0.4, -0.2) is 46.1 Å². The zero-order chi connectivity index (χ0) is 40.1. The molecule has 4 N–H and O–H groups in total. The lowest BCUT2D eigenvalue weighted by molar-refractivity contribution is -0.124. The van der Waals surface area contributed by atoms with Gasteiger partial charge in [0.2, 0.25) is 5.91 Å². The quantitative estimate of drug-likeness (QED) is 0.0367. The fourth-order valence-corrected chi connectivity index (χ4v) is 7.41. The summed E-state index contributed by atoms with van der Waals surface area (Å²) in [6, 6.07) is -0.759. The van der Waals surface area contributed by atoms with Gasteiger partial charge in [-0.15, -0.1) is 0 Å². The Bertz CT molecular complexity index is 855. The molecule has 55 heavy (non-hydrogen) atoms. The number of unbranched alkanes of at least 4 members (excludes halogenated alkanes) is 31. The van der Waals surface area contributed by atoms with Crippen LogP contribution < -0.4 is 5.32 Å². The Kier molecular flexibility index (Phi) is 44.1. The molecule has 0 aliphatic carbocycles. The molecule has 0 heterocycles. The molecule has 0 aromatic rings. The minimum absolute atomic E-state index is 0.00671. The highest BCUT2D eigenvalue weighted by Crippen LogP contribution is 2.16. The molecule has 0 aliphatic rings. The average Bonchev–Trinajstić information content (AvgIpc) is 3.18. The zero-order valence-corrected chi connectivity index (χ0v) is 36.8. The maximum absolute atomic E-state index is 12.4. The van der Waals surface area contributed by atoms with Crippen molar-refractivity contribution in [1.29, 1.82) is 0 Å². The van der Waals surface area contributed by atoms with Crippen molar-refractivity contribution in [2.75, 3.05) is 6.61 Å². The Morgan fingerprint density at radius 1 is 0.455 bits per heavy atom. The summed E-state index contributed by atoms with van der Waals surface area (Å²) in [5.41, 5.74) is 0. The highest BCUT2D eigenvalue weighted by Gasteiger charge is 2.20. The first-order chi connectivity index (χ1) is 27.0. The summed E-state index contributed by atoms with van der Waals surface area (Å²) in [6.45, 7) is 4.18. The van der Waals surface area contributed by atoms with Gasteiger partial charge in [-0.1, -0.05) is 224 Å². The summed E-state index contributed by atoms with van der Waals surface area (Å²) in [6.07, 6.45) is 57.5. The van der Waals surface area contributed by atoms with Gasteiger partial charge in [-0.05, 0) is 57.8 Å². The first kappa shape index (κ1) is 53.6. The van der Waals surface area contributed by atoms with E-state index in [2.05, 4.69) is 43.5 Å². The second-order valence-electron chi connectivity index (χ2n) is 16.7. The second kappa shape index (κ2) is 45.3. The van der Waals surface area contributed by atoms with Crippen LogP contribution in [0.5, 0.6) is 0 Å². The summed E-state index contributed by atoms with van der Waals surface area (Å²) in [7, 11) is 0. The second-order valence-corrected chi connectivity index (χ2v) is 16.7. The van der Waals surface area contributed by atoms with Crippen LogP contribution in [0.4, 0.5) is 0 Å². The molecular formula is C50H95NO4. The summed E-state index contributed by atoms with van der Waals surface area (Å²) < 4.78 is 0. The monoisotopic (exact) mass is 774 g/mol. The normalized spacial score (nSPS) is 13.8. The molecule has 5 nitrogen and oxygen atoms in total. The van der Waals surface area contributed by atoms with Crippen LogP contribution >= 0.6 is 0 Å². The smallest absolute Gasteiger partial charge is 0.222 e. The molecule has 0 radical (unpaired) electrons. The Morgan fingerprint density at radius 3 is 1.16 bits per heavy atom. The Labute approximate surface area is 343 Å². The van der Waals surface area contributed by atoms with Crippen molar-refractivity contribution in [3.8, 4) is 0 Å². The van der Waals surface area contributed by atoms with Crippen LogP contribution in [0.15, 0.2) is 36.5 Å². The first-order valence-corrected chi connectivity index (χ1v) is 24.3. The molecule has 3 unspecified atom stereocenters. The predicted molar refractivity (Wildman–Crippen MR) is 241 cm³/mol. The van der Waals surface area contributed by atoms with E-state index in [9.17, 15) is 20.1 Å². The van der Waals surface area contributed by atoms with Crippen LogP contribution in [0.2, 0.25) is 0 Å². The molecule has 0 saturated carbocycles. The van der Waals surface area contributed by atoms with E-state index in [4.69, 9.17) is 0 Å². The van der Waals surface area contributed by atoms with Crippen molar-refractivity contribution in [1.82, 2.24) is 5.32 Å². The minimum atomic E-state index is -0.949. The molecule has 0 aliphatic heterocycles. The van der Waals surface area contributed by atoms with Gasteiger partial charge in [0.1, 0.15) is 0 Å². The number of rotatable bonds is 44. The molecule has 0 fully saturated rings. The highest BCUT2D eigenvalue weighted by molar-refractivity contribution is 5.76. The summed E-state index contributed by atoms with van der Waals surface area (Å²) in [5.74, 6) is -0.326. The fraction of sp³-hybridized carbons (Fsp3) is 0.860. The van der Waals surface area contributed by atoms with Crippen LogP contribution in [-0.2, 0) is 4.79 Å². The summed E-state index contributed by atoms with van der Waals surface area (Å²) in [4.78, 5) is 12.4. The number of hydrogen-bond donors (Lipinski definition) is 4. The average molecular weight is 774 g/mol. The molecule has 0 rings (SSSR count). The Morgan fingerprint density at radius 2 is 0.782 bits per heavy atom. The van der Waals surface area contributed by atoms with E-state index >= 15 is 0 Å². The van der Waals surface area contributed by atoms with E-state index in [1.807, 2.05) is 6.08 Å². The summed E-state index contributed by atoms with van der Waals surface area (Å²) in [5, 5.41) is 33.1. The van der Waals surface area contributed by atoms with Gasteiger partial charge >= 0.3 is 0 Å². The SMILES string of the molecule is CCCCCCC/C=C/CC/C=C/C(O)C(CO)NC(=O)CC(O)CCCCCCCCCCCCCCC/C=C\CCCCCCCCCCCCCC. The molecule has 5 heteroatoms. The standard InChI is InChI=1S/C50H95NO4/c1-3-5-7-9-11-13-15-16-17-18-19-20-21-22-23-24-25-26-27-28-29-30-31-32-34-35-37-39-41-43-47(53)45-50(55)51-48(46-52)49(54)44-42-40-38-36-33-14-12-10-8-6-4-2/h22-23,33,36,42,44,47-49,52-54H,3-21,24-32,34-35,37-41,43,45-46H2,1-2H3,(H,51,55)/b23-22-,36-33+,44-42+. The van der Waals surface area contributed by atoms with Gasteiger partial charge in [-0.2, -0.15) is 0 Å². The van der Waals surface area contributed by atoms with Gasteiger partial charge in [0.25, 0.3) is 0 Å². The Hall–Kier alpha value is -1.43. The first-order valence-electron chi connectivity index (χ1n) is 24.3. The molecule has 324 valence electrons. The van der Waals surface area contributed by atoms with Gasteiger partial charge in [-0.3, -0.25) is 4.79 Å². The summed E-state index contributed by atoms with van der Waals surface area (Å²) >= 11 is 0. The number of aliphatic hydroxyl groups excluding tert-OH is 3. The number of carbonyl (C=O) groups excluding carboxylic acids is 1. The van der Waals surface area contributed by atoms with E-state index < -0.39 is 18.2 Å². The molecule has 1 amide bonds. The van der Waals surface area contributed by atoms with Crippen LogP contribution in [0.1, 0.15) is 251 Å². The van der Waals surface area contributed by atoms with Crippen LogP contribution in [0.3, 0.4) is 0 Å². The minimum Gasteiger partial charge on any atom is -0.394 e. The molecular weight excluding hydrogens is 679 g/mol. The van der Waals surface area contributed by atoms with Crippen LogP contribution in [0, 0.1) is 0 Å². The van der Waals surface area contributed by atoms with E-state index in [1.165, 1.54) is 193 Å².